The molecular weight excluding hydrogens is 262 g/mol. The Labute approximate surface area is 125 Å². The molecule has 3 nitrogen and oxygen atoms in total. The number of ether oxygens (including phenoxy) is 2. The molecule has 0 saturated carbocycles. The zero-order chi connectivity index (χ0) is 14.8. The van der Waals surface area contributed by atoms with Gasteiger partial charge in [-0.2, -0.15) is 0 Å². The van der Waals surface area contributed by atoms with Gasteiger partial charge in [0, 0.05) is 17.5 Å². The summed E-state index contributed by atoms with van der Waals surface area (Å²) in [6.45, 7) is 2.87. The third kappa shape index (κ3) is 2.49. The Kier molecular flexibility index (Phi) is 3.84. The SMILES string of the molecule is CNC(c1cc(C)ccc1OC)c1cccc2c1OCC2. The van der Waals surface area contributed by atoms with E-state index in [-0.39, 0.29) is 6.04 Å². The molecule has 1 aliphatic heterocycles. The molecule has 2 aromatic rings. The smallest absolute Gasteiger partial charge is 0.127 e. The van der Waals surface area contributed by atoms with Crippen LogP contribution in [0.3, 0.4) is 0 Å². The Balaban J connectivity index is 2.11. The quantitative estimate of drug-likeness (QED) is 0.934. The van der Waals surface area contributed by atoms with Crippen molar-refractivity contribution in [1.82, 2.24) is 5.32 Å². The number of para-hydroxylation sites is 1. The van der Waals surface area contributed by atoms with Gasteiger partial charge < -0.3 is 14.8 Å². The number of benzene rings is 2. The molecule has 0 radical (unpaired) electrons. The van der Waals surface area contributed by atoms with Crippen molar-refractivity contribution in [3.05, 3.63) is 58.7 Å². The van der Waals surface area contributed by atoms with Crippen molar-refractivity contribution in [3.63, 3.8) is 0 Å². The van der Waals surface area contributed by atoms with E-state index >= 15 is 0 Å². The maximum absolute atomic E-state index is 5.86. The normalized spacial score (nSPS) is 14.4. The van der Waals surface area contributed by atoms with Gasteiger partial charge in [-0.3, -0.25) is 0 Å². The molecule has 1 atom stereocenters. The molecule has 1 N–H and O–H groups in total. The summed E-state index contributed by atoms with van der Waals surface area (Å²) in [6.07, 6.45) is 0.991. The largest absolute Gasteiger partial charge is 0.496 e. The highest BCUT2D eigenvalue weighted by molar-refractivity contribution is 5.51. The lowest BCUT2D eigenvalue weighted by Crippen LogP contribution is -2.19. The molecule has 3 rings (SSSR count). The van der Waals surface area contributed by atoms with Crippen LogP contribution in [-0.4, -0.2) is 20.8 Å². The van der Waals surface area contributed by atoms with E-state index in [0.29, 0.717) is 0 Å². The first kappa shape index (κ1) is 14.0. The minimum Gasteiger partial charge on any atom is -0.496 e. The van der Waals surface area contributed by atoms with E-state index < -0.39 is 0 Å². The van der Waals surface area contributed by atoms with Crippen LogP contribution < -0.4 is 14.8 Å². The molecule has 21 heavy (non-hydrogen) atoms. The van der Waals surface area contributed by atoms with Crippen molar-refractivity contribution in [2.45, 2.75) is 19.4 Å². The number of hydrogen-bond acceptors (Lipinski definition) is 3. The Morgan fingerprint density at radius 1 is 1.19 bits per heavy atom. The van der Waals surface area contributed by atoms with Crippen molar-refractivity contribution in [2.75, 3.05) is 20.8 Å². The van der Waals surface area contributed by atoms with Crippen molar-refractivity contribution >= 4 is 0 Å². The van der Waals surface area contributed by atoms with Gasteiger partial charge in [-0.15, -0.1) is 0 Å². The topological polar surface area (TPSA) is 30.5 Å². The Morgan fingerprint density at radius 3 is 2.81 bits per heavy atom. The Hall–Kier alpha value is -2.00. The van der Waals surface area contributed by atoms with Crippen LogP contribution in [-0.2, 0) is 6.42 Å². The number of aryl methyl sites for hydroxylation is 1. The van der Waals surface area contributed by atoms with Crippen molar-refractivity contribution < 1.29 is 9.47 Å². The van der Waals surface area contributed by atoms with Gasteiger partial charge in [0.15, 0.2) is 0 Å². The maximum Gasteiger partial charge on any atom is 0.127 e. The molecular formula is C18H21NO2. The number of hydrogen-bond donors (Lipinski definition) is 1. The van der Waals surface area contributed by atoms with Crippen LogP contribution in [0.5, 0.6) is 11.5 Å². The molecule has 3 heteroatoms. The summed E-state index contributed by atoms with van der Waals surface area (Å²) in [6, 6.07) is 12.7. The van der Waals surface area contributed by atoms with Crippen LogP contribution >= 0.6 is 0 Å². The highest BCUT2D eigenvalue weighted by Gasteiger charge is 2.24. The van der Waals surface area contributed by atoms with Gasteiger partial charge in [0.1, 0.15) is 11.5 Å². The van der Waals surface area contributed by atoms with E-state index in [9.17, 15) is 0 Å². The molecule has 110 valence electrons. The van der Waals surface area contributed by atoms with Crippen LogP contribution in [0, 0.1) is 6.92 Å². The molecule has 2 aromatic carbocycles. The molecule has 1 unspecified atom stereocenters. The van der Waals surface area contributed by atoms with E-state index in [1.165, 1.54) is 16.7 Å². The third-order valence-corrected chi connectivity index (χ3v) is 4.04. The molecule has 0 bridgehead atoms. The summed E-state index contributed by atoms with van der Waals surface area (Å²) in [5.41, 5.74) is 4.83. The van der Waals surface area contributed by atoms with Gasteiger partial charge >= 0.3 is 0 Å². The summed E-state index contributed by atoms with van der Waals surface area (Å²) >= 11 is 0. The van der Waals surface area contributed by atoms with Gasteiger partial charge in [-0.05, 0) is 25.6 Å². The number of fused-ring (bicyclic) bond motifs is 1. The molecule has 0 fully saturated rings. The fourth-order valence-corrected chi connectivity index (χ4v) is 3.03. The standard InChI is InChI=1S/C18H21NO2/c1-12-7-8-16(20-3)15(11-12)17(19-2)14-6-4-5-13-9-10-21-18(13)14/h4-8,11,17,19H,9-10H2,1-3H3. The minimum absolute atomic E-state index is 0.0629. The van der Waals surface area contributed by atoms with Crippen LogP contribution in [0.2, 0.25) is 0 Å². The average Bonchev–Trinajstić information content (AvgIpc) is 2.97. The van der Waals surface area contributed by atoms with Crippen LogP contribution in [0.4, 0.5) is 0 Å². The summed E-state index contributed by atoms with van der Waals surface area (Å²) in [7, 11) is 3.69. The fraction of sp³-hybridized carbons (Fsp3) is 0.333. The number of rotatable bonds is 4. The Morgan fingerprint density at radius 2 is 2.05 bits per heavy atom. The van der Waals surface area contributed by atoms with Gasteiger partial charge in [-0.25, -0.2) is 0 Å². The second kappa shape index (κ2) is 5.78. The predicted octanol–water partition coefficient (Wildman–Crippen LogP) is 3.25. The van der Waals surface area contributed by atoms with Crippen molar-refractivity contribution in [2.24, 2.45) is 0 Å². The zero-order valence-electron chi connectivity index (χ0n) is 12.8. The van der Waals surface area contributed by atoms with E-state index in [0.717, 1.165) is 30.1 Å². The molecule has 0 aliphatic carbocycles. The van der Waals surface area contributed by atoms with Crippen molar-refractivity contribution in [1.29, 1.82) is 0 Å². The van der Waals surface area contributed by atoms with Crippen LogP contribution in [0.25, 0.3) is 0 Å². The van der Waals surface area contributed by atoms with Gasteiger partial charge in [0.2, 0.25) is 0 Å². The predicted molar refractivity (Wildman–Crippen MR) is 84.3 cm³/mol. The fourth-order valence-electron chi connectivity index (χ4n) is 3.03. The average molecular weight is 283 g/mol. The summed E-state index contributed by atoms with van der Waals surface area (Å²) < 4.78 is 11.4. The second-order valence-corrected chi connectivity index (χ2v) is 5.40. The van der Waals surface area contributed by atoms with Crippen LogP contribution in [0.15, 0.2) is 36.4 Å². The minimum atomic E-state index is 0.0629. The second-order valence-electron chi connectivity index (χ2n) is 5.40. The maximum atomic E-state index is 5.86. The lowest BCUT2D eigenvalue weighted by atomic mass is 9.94. The highest BCUT2D eigenvalue weighted by atomic mass is 16.5. The summed E-state index contributed by atoms with van der Waals surface area (Å²) in [4.78, 5) is 0. The van der Waals surface area contributed by atoms with E-state index in [4.69, 9.17) is 9.47 Å². The summed E-state index contributed by atoms with van der Waals surface area (Å²) in [5.74, 6) is 1.93. The van der Waals surface area contributed by atoms with E-state index in [1.807, 2.05) is 13.1 Å². The first-order valence-corrected chi connectivity index (χ1v) is 7.31. The molecule has 0 aromatic heterocycles. The molecule has 0 spiro atoms. The number of methoxy groups -OCH3 is 1. The van der Waals surface area contributed by atoms with Crippen molar-refractivity contribution in [3.8, 4) is 11.5 Å². The van der Waals surface area contributed by atoms with Gasteiger partial charge in [-0.1, -0.05) is 35.9 Å². The third-order valence-electron chi connectivity index (χ3n) is 4.04. The lowest BCUT2D eigenvalue weighted by Gasteiger charge is -2.22. The first-order chi connectivity index (χ1) is 10.2. The van der Waals surface area contributed by atoms with Gasteiger partial charge in [0.25, 0.3) is 0 Å². The molecule has 0 saturated heterocycles. The number of nitrogens with one attached hydrogen (secondary N) is 1. The highest BCUT2D eigenvalue weighted by Crippen LogP contribution is 2.38. The molecule has 0 amide bonds. The molecule has 1 aliphatic rings. The van der Waals surface area contributed by atoms with Gasteiger partial charge in [0.05, 0.1) is 19.8 Å². The first-order valence-electron chi connectivity index (χ1n) is 7.31. The molecule has 1 heterocycles. The lowest BCUT2D eigenvalue weighted by molar-refractivity contribution is 0.350. The van der Waals surface area contributed by atoms with E-state index in [2.05, 4.69) is 42.6 Å². The van der Waals surface area contributed by atoms with E-state index in [1.54, 1.807) is 7.11 Å². The monoisotopic (exact) mass is 283 g/mol. The Bertz CT molecular complexity index is 650. The zero-order valence-corrected chi connectivity index (χ0v) is 12.8. The summed E-state index contributed by atoms with van der Waals surface area (Å²) in [5, 5.41) is 3.41. The van der Waals surface area contributed by atoms with Crippen LogP contribution in [0.1, 0.15) is 28.3 Å².